The highest BCUT2D eigenvalue weighted by Gasteiger charge is 2.04. The van der Waals surface area contributed by atoms with Gasteiger partial charge in [-0.2, -0.15) is 5.10 Å². The summed E-state index contributed by atoms with van der Waals surface area (Å²) in [6.45, 7) is 2.66. The quantitative estimate of drug-likeness (QED) is 0.835. The Hall–Kier alpha value is -2.21. The number of nitrogens with one attached hydrogen (secondary N) is 2. The molecule has 0 atom stereocenters. The molecule has 1 heterocycles. The average Bonchev–Trinajstić information content (AvgIpc) is 2.78. The maximum atomic E-state index is 11.7. The van der Waals surface area contributed by atoms with E-state index in [0.717, 1.165) is 11.3 Å². The minimum atomic E-state index is -0.0785. The van der Waals surface area contributed by atoms with Crippen molar-refractivity contribution in [2.24, 2.45) is 7.05 Å². The fourth-order valence-electron chi connectivity index (χ4n) is 1.66. The Kier molecular flexibility index (Phi) is 4.25. The largest absolute Gasteiger partial charge is 0.325 e. The van der Waals surface area contributed by atoms with Crippen LogP contribution in [0.5, 0.6) is 0 Å². The number of anilines is 1. The fraction of sp³-hybridized carbons (Fsp3) is 0.308. The lowest BCUT2D eigenvalue weighted by Gasteiger charge is -2.08. The van der Waals surface area contributed by atoms with Crippen LogP contribution in [-0.4, -0.2) is 27.2 Å². The summed E-state index contributed by atoms with van der Waals surface area (Å²) in [5.74, 6) is 0.594. The molecule has 100 valence electrons. The first-order valence-corrected chi connectivity index (χ1v) is 6.06. The lowest BCUT2D eigenvalue weighted by Crippen LogP contribution is -2.28. The van der Waals surface area contributed by atoms with Crippen LogP contribution in [0, 0.1) is 6.92 Å². The highest BCUT2D eigenvalue weighted by molar-refractivity contribution is 5.92. The van der Waals surface area contributed by atoms with Crippen molar-refractivity contribution < 1.29 is 4.79 Å². The molecule has 19 heavy (non-hydrogen) atoms. The van der Waals surface area contributed by atoms with Crippen molar-refractivity contribution in [3.05, 3.63) is 42.0 Å². The van der Waals surface area contributed by atoms with Gasteiger partial charge in [0.15, 0.2) is 5.82 Å². The van der Waals surface area contributed by atoms with E-state index in [1.165, 1.54) is 0 Å². The Bertz CT molecular complexity index is 564. The molecule has 0 aliphatic carbocycles. The van der Waals surface area contributed by atoms with Gasteiger partial charge in [-0.3, -0.25) is 9.48 Å². The van der Waals surface area contributed by atoms with Crippen LogP contribution in [0.25, 0.3) is 0 Å². The lowest BCUT2D eigenvalue weighted by molar-refractivity contribution is -0.115. The predicted molar refractivity (Wildman–Crippen MR) is 72.5 cm³/mol. The summed E-state index contributed by atoms with van der Waals surface area (Å²) in [6, 6.07) is 7.68. The Morgan fingerprint density at radius 3 is 2.84 bits per heavy atom. The molecule has 0 radical (unpaired) electrons. The van der Waals surface area contributed by atoms with Gasteiger partial charge >= 0.3 is 0 Å². The fourth-order valence-corrected chi connectivity index (χ4v) is 1.66. The SMILES string of the molecule is Cc1ccccc1NC(=O)CNCc1ncn(C)n1. The summed E-state index contributed by atoms with van der Waals surface area (Å²) >= 11 is 0. The van der Waals surface area contributed by atoms with Crippen molar-refractivity contribution in [2.45, 2.75) is 13.5 Å². The number of benzene rings is 1. The number of aromatic nitrogens is 3. The average molecular weight is 259 g/mol. The summed E-state index contributed by atoms with van der Waals surface area (Å²) in [6.07, 6.45) is 1.63. The molecule has 0 aliphatic rings. The Labute approximate surface area is 111 Å². The molecule has 6 heteroatoms. The van der Waals surface area contributed by atoms with Gasteiger partial charge in [0, 0.05) is 12.7 Å². The number of amides is 1. The topological polar surface area (TPSA) is 71.8 Å². The van der Waals surface area contributed by atoms with Crippen LogP contribution in [0.4, 0.5) is 5.69 Å². The first kappa shape index (κ1) is 13.2. The third kappa shape index (κ3) is 3.89. The van der Waals surface area contributed by atoms with Gasteiger partial charge in [-0.05, 0) is 18.6 Å². The molecule has 0 bridgehead atoms. The van der Waals surface area contributed by atoms with Crippen LogP contribution in [0.1, 0.15) is 11.4 Å². The van der Waals surface area contributed by atoms with Gasteiger partial charge in [-0.1, -0.05) is 18.2 Å². The second kappa shape index (κ2) is 6.10. The molecular weight excluding hydrogens is 242 g/mol. The van der Waals surface area contributed by atoms with E-state index in [1.807, 2.05) is 31.2 Å². The van der Waals surface area contributed by atoms with Gasteiger partial charge in [0.2, 0.25) is 5.91 Å². The number of para-hydroxylation sites is 1. The molecule has 1 aromatic heterocycles. The first-order valence-electron chi connectivity index (χ1n) is 6.06. The van der Waals surface area contributed by atoms with Gasteiger partial charge in [0.1, 0.15) is 6.33 Å². The van der Waals surface area contributed by atoms with Crippen molar-refractivity contribution in [3.8, 4) is 0 Å². The molecule has 0 fully saturated rings. The van der Waals surface area contributed by atoms with Crippen LogP contribution in [0.3, 0.4) is 0 Å². The second-order valence-corrected chi connectivity index (χ2v) is 4.30. The molecule has 0 unspecified atom stereocenters. The van der Waals surface area contributed by atoms with Crippen LogP contribution >= 0.6 is 0 Å². The maximum Gasteiger partial charge on any atom is 0.238 e. The normalized spacial score (nSPS) is 10.4. The minimum absolute atomic E-state index is 0.0785. The number of nitrogens with zero attached hydrogens (tertiary/aromatic N) is 3. The van der Waals surface area contributed by atoms with Crippen molar-refractivity contribution in [3.63, 3.8) is 0 Å². The number of rotatable bonds is 5. The smallest absolute Gasteiger partial charge is 0.238 e. The second-order valence-electron chi connectivity index (χ2n) is 4.30. The Balaban J connectivity index is 1.77. The van der Waals surface area contributed by atoms with Crippen LogP contribution in [0.2, 0.25) is 0 Å². The minimum Gasteiger partial charge on any atom is -0.325 e. The van der Waals surface area contributed by atoms with Gasteiger partial charge in [0.25, 0.3) is 0 Å². The van der Waals surface area contributed by atoms with Crippen LogP contribution in [-0.2, 0) is 18.4 Å². The molecule has 0 saturated heterocycles. The van der Waals surface area contributed by atoms with Crippen molar-refractivity contribution in [1.29, 1.82) is 0 Å². The van der Waals surface area contributed by atoms with E-state index in [9.17, 15) is 4.79 Å². The summed E-state index contributed by atoms with van der Waals surface area (Å²) in [7, 11) is 1.81. The van der Waals surface area contributed by atoms with E-state index in [0.29, 0.717) is 12.4 Å². The molecule has 1 amide bonds. The molecule has 2 rings (SSSR count). The summed E-state index contributed by atoms with van der Waals surface area (Å²) in [5, 5.41) is 9.98. The summed E-state index contributed by atoms with van der Waals surface area (Å²) < 4.78 is 1.63. The van der Waals surface area contributed by atoms with E-state index in [-0.39, 0.29) is 12.5 Å². The van der Waals surface area contributed by atoms with E-state index in [2.05, 4.69) is 20.7 Å². The highest BCUT2D eigenvalue weighted by Crippen LogP contribution is 2.12. The maximum absolute atomic E-state index is 11.7. The van der Waals surface area contributed by atoms with Crippen molar-refractivity contribution >= 4 is 11.6 Å². The molecule has 0 saturated carbocycles. The zero-order valence-corrected chi connectivity index (χ0v) is 11.1. The number of hydrogen-bond acceptors (Lipinski definition) is 4. The first-order chi connectivity index (χ1) is 9.15. The number of carbonyl (C=O) groups is 1. The number of aryl methyl sites for hydroxylation is 2. The monoisotopic (exact) mass is 259 g/mol. The summed E-state index contributed by atoms with van der Waals surface area (Å²) in [5.41, 5.74) is 1.88. The van der Waals surface area contributed by atoms with E-state index in [1.54, 1.807) is 18.1 Å². The Morgan fingerprint density at radius 2 is 2.16 bits per heavy atom. The third-order valence-corrected chi connectivity index (χ3v) is 2.63. The highest BCUT2D eigenvalue weighted by atomic mass is 16.1. The lowest BCUT2D eigenvalue weighted by atomic mass is 10.2. The van der Waals surface area contributed by atoms with Crippen molar-refractivity contribution in [2.75, 3.05) is 11.9 Å². The molecule has 0 aliphatic heterocycles. The predicted octanol–water partition coefficient (Wildman–Crippen LogP) is 0.852. The molecule has 0 spiro atoms. The zero-order valence-electron chi connectivity index (χ0n) is 11.1. The molecule has 2 N–H and O–H groups in total. The zero-order chi connectivity index (χ0) is 13.7. The van der Waals surface area contributed by atoms with Crippen molar-refractivity contribution in [1.82, 2.24) is 20.1 Å². The van der Waals surface area contributed by atoms with Crippen LogP contribution in [0.15, 0.2) is 30.6 Å². The number of hydrogen-bond donors (Lipinski definition) is 2. The van der Waals surface area contributed by atoms with Gasteiger partial charge in [-0.25, -0.2) is 4.98 Å². The van der Waals surface area contributed by atoms with Gasteiger partial charge < -0.3 is 10.6 Å². The molecule has 1 aromatic carbocycles. The Morgan fingerprint density at radius 1 is 1.37 bits per heavy atom. The van der Waals surface area contributed by atoms with E-state index >= 15 is 0 Å². The standard InChI is InChI=1S/C13H17N5O/c1-10-5-3-4-6-11(10)16-13(19)8-14-7-12-15-9-18(2)17-12/h3-6,9,14H,7-8H2,1-2H3,(H,16,19). The molecule has 2 aromatic rings. The summed E-state index contributed by atoms with van der Waals surface area (Å²) in [4.78, 5) is 15.8. The van der Waals surface area contributed by atoms with Crippen LogP contribution < -0.4 is 10.6 Å². The molecule has 6 nitrogen and oxygen atoms in total. The van der Waals surface area contributed by atoms with Gasteiger partial charge in [-0.15, -0.1) is 0 Å². The molecular formula is C13H17N5O. The third-order valence-electron chi connectivity index (χ3n) is 2.63. The van der Waals surface area contributed by atoms with E-state index in [4.69, 9.17) is 0 Å². The van der Waals surface area contributed by atoms with E-state index < -0.39 is 0 Å². The number of carbonyl (C=O) groups excluding carboxylic acids is 1. The van der Waals surface area contributed by atoms with Gasteiger partial charge in [0.05, 0.1) is 13.1 Å².